The molecule has 12 heteroatoms. The zero-order valence-corrected chi connectivity index (χ0v) is 38.7. The Morgan fingerprint density at radius 1 is 0.525 bits per heavy atom. The van der Waals surface area contributed by atoms with E-state index in [1.807, 2.05) is 0 Å². The molecule has 0 aromatic carbocycles. The van der Waals surface area contributed by atoms with Gasteiger partial charge in [0.05, 0.1) is 13.2 Å². The number of carbonyl (C=O) groups excluding carboxylic acids is 2. The Morgan fingerprint density at radius 3 is 1.29 bits per heavy atom. The van der Waals surface area contributed by atoms with E-state index in [-0.39, 0.29) is 12.8 Å². The Morgan fingerprint density at radius 2 is 0.881 bits per heavy atom. The molecule has 0 spiro atoms. The van der Waals surface area contributed by atoms with Crippen LogP contribution in [0.25, 0.3) is 0 Å². The third-order valence-corrected chi connectivity index (χ3v) is 11.8. The molecule has 0 heterocycles. The van der Waals surface area contributed by atoms with E-state index in [1.165, 1.54) is 161 Å². The number of phosphoric acid groups is 1. The summed E-state index contributed by atoms with van der Waals surface area (Å²) >= 11 is 0. The fourth-order valence-corrected chi connectivity index (χ4v) is 7.79. The van der Waals surface area contributed by atoms with Crippen molar-refractivity contribution in [1.29, 1.82) is 0 Å². The molecule has 3 atom stereocenters. The van der Waals surface area contributed by atoms with Crippen molar-refractivity contribution in [2.75, 3.05) is 19.8 Å². The maximum atomic E-state index is 12.3. The van der Waals surface area contributed by atoms with Gasteiger partial charge in [-0.1, -0.05) is 199 Å². The molecule has 0 aliphatic rings. The first-order chi connectivity index (χ1) is 28.6. The van der Waals surface area contributed by atoms with Gasteiger partial charge in [-0.25, -0.2) is 9.36 Å². The zero-order valence-electron chi connectivity index (χ0n) is 37.8. The van der Waals surface area contributed by atoms with Crippen molar-refractivity contribution >= 4 is 25.7 Å². The molecule has 0 aliphatic heterocycles. The summed E-state index contributed by atoms with van der Waals surface area (Å²) in [5.41, 5.74) is 0. The molecule has 0 fully saturated rings. The number of phosphoric ester groups is 1. The fourth-order valence-electron chi connectivity index (χ4n) is 7.02. The van der Waals surface area contributed by atoms with E-state index in [2.05, 4.69) is 31.3 Å². The lowest BCUT2D eigenvalue weighted by molar-refractivity contribution is -0.147. The van der Waals surface area contributed by atoms with Gasteiger partial charge in [0.1, 0.15) is 12.7 Å². The van der Waals surface area contributed by atoms with Crippen LogP contribution in [-0.4, -0.2) is 64.9 Å². The second kappa shape index (κ2) is 42.9. The number of rotatable bonds is 46. The molecule has 348 valence electrons. The topological polar surface area (TPSA) is 169 Å². The average molecular weight is 860 g/mol. The van der Waals surface area contributed by atoms with Crippen molar-refractivity contribution in [3.8, 4) is 0 Å². The van der Waals surface area contributed by atoms with Crippen molar-refractivity contribution in [2.45, 2.75) is 251 Å². The monoisotopic (exact) mass is 860 g/mol. The molecule has 0 aromatic heterocycles. The molecule has 0 saturated carbocycles. The zero-order chi connectivity index (χ0) is 43.5. The maximum Gasteiger partial charge on any atom is 0.472 e. The van der Waals surface area contributed by atoms with Gasteiger partial charge < -0.3 is 25.2 Å². The van der Waals surface area contributed by atoms with E-state index in [0.717, 1.165) is 38.5 Å². The highest BCUT2D eigenvalue weighted by Crippen LogP contribution is 2.43. The molecular weight excluding hydrogens is 769 g/mol. The second-order valence-corrected chi connectivity index (χ2v) is 18.1. The van der Waals surface area contributed by atoms with Crippen LogP contribution >= 0.6 is 7.82 Å². The van der Waals surface area contributed by atoms with Crippen LogP contribution in [0.2, 0.25) is 0 Å². The van der Waals surface area contributed by atoms with E-state index < -0.39 is 57.6 Å². The highest BCUT2D eigenvalue weighted by Gasteiger charge is 2.28. The summed E-state index contributed by atoms with van der Waals surface area (Å²) in [6.45, 7) is 2.63. The van der Waals surface area contributed by atoms with Gasteiger partial charge in [0.25, 0.3) is 0 Å². The molecule has 0 bridgehead atoms. The number of aliphatic carboxylic acids is 1. The van der Waals surface area contributed by atoms with Gasteiger partial charge in [-0.2, -0.15) is 0 Å². The van der Waals surface area contributed by atoms with E-state index >= 15 is 0 Å². The summed E-state index contributed by atoms with van der Waals surface area (Å²) < 4.78 is 26.9. The highest BCUT2D eigenvalue weighted by molar-refractivity contribution is 7.47. The van der Waals surface area contributed by atoms with Crippen LogP contribution in [0.5, 0.6) is 0 Å². The number of carboxylic acid groups (broad SMARTS) is 1. The Hall–Kier alpha value is -1.78. The molecule has 4 N–H and O–H groups in total. The molecule has 0 aliphatic carbocycles. The number of aliphatic hydroxyl groups excluding tert-OH is 1. The Bertz CT molecular complexity index is 1060. The maximum absolute atomic E-state index is 12.3. The lowest BCUT2D eigenvalue weighted by atomic mass is 10.0. The summed E-state index contributed by atoms with van der Waals surface area (Å²) in [5, 5.41) is 21.9. The van der Waals surface area contributed by atoms with Crippen molar-refractivity contribution in [2.24, 2.45) is 0 Å². The third-order valence-electron chi connectivity index (χ3n) is 10.8. The van der Waals surface area contributed by atoms with Crippen LogP contribution in [0.1, 0.15) is 239 Å². The summed E-state index contributed by atoms with van der Waals surface area (Å²) in [7, 11) is -4.75. The molecule has 11 nitrogen and oxygen atoms in total. The van der Waals surface area contributed by atoms with Gasteiger partial charge in [0.15, 0.2) is 6.04 Å². The minimum absolute atomic E-state index is 0.147. The van der Waals surface area contributed by atoms with Crippen molar-refractivity contribution < 1.29 is 47.8 Å². The summed E-state index contributed by atoms with van der Waals surface area (Å²) in [5.74, 6) is -2.36. The number of hydrogen-bond acceptors (Lipinski definition) is 8. The largest absolute Gasteiger partial charge is 0.480 e. The molecule has 0 rings (SSSR count). The van der Waals surface area contributed by atoms with Crippen LogP contribution in [-0.2, 0) is 32.7 Å². The van der Waals surface area contributed by atoms with Crippen LogP contribution < -0.4 is 5.32 Å². The lowest BCUT2D eigenvalue weighted by Crippen LogP contribution is -2.43. The van der Waals surface area contributed by atoms with Gasteiger partial charge in [-0.15, -0.1) is 0 Å². The molecular formula is C47H90NO10P. The number of carbonyl (C=O) groups is 3. The van der Waals surface area contributed by atoms with Crippen LogP contribution in [0.3, 0.4) is 0 Å². The molecule has 0 saturated heterocycles. The number of nitrogens with one attached hydrogen (secondary N) is 1. The molecule has 0 radical (unpaired) electrons. The van der Waals surface area contributed by atoms with Crippen LogP contribution in [0, 0.1) is 0 Å². The van der Waals surface area contributed by atoms with Gasteiger partial charge >= 0.3 is 19.8 Å². The Balaban J connectivity index is 3.84. The van der Waals surface area contributed by atoms with E-state index in [0.29, 0.717) is 12.8 Å². The highest BCUT2D eigenvalue weighted by atomic mass is 31.2. The standard InChI is InChI=1S/C47H90NO10P/c1-3-5-7-9-11-13-15-17-19-21-22-23-24-26-28-30-32-34-36-38-45(50)48-44(47(52)53)42-58-59(54,55)57-41-43(49)40-56-46(51)39-37-35-33-31-29-27-25-20-18-16-14-12-10-8-6-4-2/h17,19,43-44,49H,3-16,18,20-42H2,1-2H3,(H,48,50)(H,52,53)(H,54,55)/b19-17+. The molecule has 1 amide bonds. The number of carboxylic acids is 1. The SMILES string of the molecule is CCCCCCCC/C=C/CCCCCCCCCCCC(=O)NC(COP(=O)(O)OCC(O)COC(=O)CCCCCCCCCCCCCCCCCC)C(=O)O. The second-order valence-electron chi connectivity index (χ2n) is 16.7. The van der Waals surface area contributed by atoms with Crippen molar-refractivity contribution in [1.82, 2.24) is 5.32 Å². The number of ether oxygens (including phenoxy) is 1. The van der Waals surface area contributed by atoms with E-state index in [1.54, 1.807) is 0 Å². The lowest BCUT2D eigenvalue weighted by Gasteiger charge is -2.18. The van der Waals surface area contributed by atoms with Gasteiger partial charge in [-0.3, -0.25) is 18.6 Å². The number of aliphatic hydroxyl groups is 1. The van der Waals surface area contributed by atoms with E-state index in [9.17, 15) is 34.1 Å². The first-order valence-electron chi connectivity index (χ1n) is 24.2. The average Bonchev–Trinajstić information content (AvgIpc) is 3.21. The third kappa shape index (κ3) is 42.7. The predicted molar refractivity (Wildman–Crippen MR) is 240 cm³/mol. The van der Waals surface area contributed by atoms with E-state index in [4.69, 9.17) is 13.8 Å². The first-order valence-corrected chi connectivity index (χ1v) is 25.7. The molecule has 3 unspecified atom stereocenters. The number of hydrogen-bond donors (Lipinski definition) is 4. The van der Waals surface area contributed by atoms with Crippen LogP contribution in [0.4, 0.5) is 0 Å². The minimum Gasteiger partial charge on any atom is -0.480 e. The summed E-state index contributed by atoms with van der Waals surface area (Å²) in [6, 6.07) is -1.54. The van der Waals surface area contributed by atoms with Gasteiger partial charge in [0, 0.05) is 12.8 Å². The minimum atomic E-state index is -4.75. The number of unbranched alkanes of at least 4 members (excludes halogenated alkanes) is 30. The normalized spacial score (nSPS) is 13.7. The number of allylic oxidation sites excluding steroid dienone is 2. The van der Waals surface area contributed by atoms with Gasteiger partial charge in [-0.05, 0) is 38.5 Å². The number of esters is 1. The summed E-state index contributed by atoms with van der Waals surface area (Å²) in [6.07, 6.45) is 43.7. The fraction of sp³-hybridized carbons (Fsp3) is 0.894. The predicted octanol–water partition coefficient (Wildman–Crippen LogP) is 12.8. The quantitative estimate of drug-likeness (QED) is 0.0200. The van der Waals surface area contributed by atoms with Crippen molar-refractivity contribution in [3.05, 3.63) is 12.2 Å². The molecule has 0 aromatic rings. The molecule has 59 heavy (non-hydrogen) atoms. The Labute approximate surface area is 360 Å². The van der Waals surface area contributed by atoms with Gasteiger partial charge in [0.2, 0.25) is 5.91 Å². The summed E-state index contributed by atoms with van der Waals surface area (Å²) in [4.78, 5) is 46.0. The number of amides is 1. The first kappa shape index (κ1) is 57.2. The van der Waals surface area contributed by atoms with Crippen molar-refractivity contribution in [3.63, 3.8) is 0 Å². The smallest absolute Gasteiger partial charge is 0.472 e. The Kier molecular flexibility index (Phi) is 41.6. The van der Waals surface area contributed by atoms with Crippen LogP contribution in [0.15, 0.2) is 12.2 Å².